The average Bonchev–Trinajstić information content (AvgIpc) is 3.05. The second-order valence-electron chi connectivity index (χ2n) is 6.54. The van der Waals surface area contributed by atoms with Gasteiger partial charge in [-0.25, -0.2) is 13.1 Å². The topological polar surface area (TPSA) is 79.4 Å². The monoisotopic (exact) mass is 393 g/mol. The van der Waals surface area contributed by atoms with Gasteiger partial charge in [-0.2, -0.15) is 0 Å². The summed E-state index contributed by atoms with van der Waals surface area (Å²) < 4.78 is 25.8. The Morgan fingerprint density at radius 2 is 2.19 bits per heavy atom. The molecule has 1 aliphatic carbocycles. The van der Waals surface area contributed by atoms with Crippen LogP contribution in [-0.4, -0.2) is 32.1 Å². The number of nitrogens with one attached hydrogen (secondary N) is 1. The van der Waals surface area contributed by atoms with Crippen molar-refractivity contribution in [3.8, 4) is 0 Å². The van der Waals surface area contributed by atoms with Crippen molar-refractivity contribution >= 4 is 33.2 Å². The van der Waals surface area contributed by atoms with Crippen LogP contribution in [0.5, 0.6) is 0 Å². The molecule has 8 heteroatoms. The van der Waals surface area contributed by atoms with Crippen LogP contribution in [-0.2, 0) is 21.2 Å². The summed E-state index contributed by atoms with van der Waals surface area (Å²) in [5.74, 6) is -0.154. The lowest BCUT2D eigenvalue weighted by atomic mass is 10.1. The number of sulfonamides is 1. The van der Waals surface area contributed by atoms with Crippen LogP contribution in [0.25, 0.3) is 0 Å². The van der Waals surface area contributed by atoms with Gasteiger partial charge in [0.25, 0.3) is 5.91 Å². The zero-order valence-electron chi connectivity index (χ0n) is 14.6. The zero-order chi connectivity index (χ0) is 19.1. The molecule has 3 rings (SSSR count). The quantitative estimate of drug-likeness (QED) is 0.797. The Kier molecular flexibility index (Phi) is 5.05. The summed E-state index contributed by atoms with van der Waals surface area (Å²) in [7, 11) is -3.33. The molecule has 138 valence electrons. The molecule has 1 saturated heterocycles. The number of pyridine rings is 1. The highest BCUT2D eigenvalue weighted by Gasteiger charge is 2.35. The Bertz CT molecular complexity index is 946. The predicted molar refractivity (Wildman–Crippen MR) is 102 cm³/mol. The maximum absolute atomic E-state index is 12.8. The first-order chi connectivity index (χ1) is 12.2. The third kappa shape index (κ3) is 3.75. The van der Waals surface area contributed by atoms with E-state index in [0.717, 1.165) is 17.4 Å². The maximum atomic E-state index is 12.8. The number of hydrogen-bond donors (Lipinski definition) is 1. The zero-order valence-corrected chi connectivity index (χ0v) is 16.2. The second kappa shape index (κ2) is 6.98. The summed E-state index contributed by atoms with van der Waals surface area (Å²) in [4.78, 5) is 18.7. The molecule has 6 nitrogen and oxygen atoms in total. The van der Waals surface area contributed by atoms with Crippen LogP contribution in [0.2, 0.25) is 0 Å². The molecule has 0 radical (unpaired) electrons. The highest BCUT2D eigenvalue weighted by Crippen LogP contribution is 2.39. The summed E-state index contributed by atoms with van der Waals surface area (Å²) in [6.07, 6.45) is 9.12. The third-order valence-corrected chi connectivity index (χ3v) is 5.30. The number of carbonyl (C=O) groups excluding carboxylic acids is 1. The summed E-state index contributed by atoms with van der Waals surface area (Å²) >= 11 is 5.85. The van der Waals surface area contributed by atoms with Gasteiger partial charge in [-0.3, -0.25) is 9.78 Å². The summed E-state index contributed by atoms with van der Waals surface area (Å²) in [6.45, 7) is 6.10. The van der Waals surface area contributed by atoms with Crippen molar-refractivity contribution in [3.05, 3.63) is 58.4 Å². The predicted octanol–water partition coefficient (Wildman–Crippen LogP) is 2.59. The molecule has 1 aromatic heterocycles. The molecule has 1 amide bonds. The lowest BCUT2D eigenvalue weighted by Gasteiger charge is -2.19. The van der Waals surface area contributed by atoms with Crippen LogP contribution < -0.4 is 9.62 Å². The molecule has 0 saturated carbocycles. The molecule has 1 N–H and O–H groups in total. The number of anilines is 1. The normalized spacial score (nSPS) is 22.4. The van der Waals surface area contributed by atoms with Crippen LogP contribution in [0.1, 0.15) is 30.5 Å². The standard InChI is InChI=1S/C18H20ClN3O3S/c1-11-10-22(18(23)13(11)5-4-12(2)19)17-9-20-8-15-14(17)6-7-16(15)21-26(3,24)25/h4-5,8-9,16,21H,1,6-7,10H2,2-3H3/b12-4+,13-5+/t16-/m0/s1. The van der Waals surface area contributed by atoms with Gasteiger partial charge < -0.3 is 4.90 Å². The minimum absolute atomic E-state index is 0.154. The molecule has 1 fully saturated rings. The van der Waals surface area contributed by atoms with Gasteiger partial charge in [0, 0.05) is 22.8 Å². The van der Waals surface area contributed by atoms with Gasteiger partial charge in [0.05, 0.1) is 24.7 Å². The molecule has 2 heterocycles. The third-order valence-electron chi connectivity index (χ3n) is 4.46. The minimum atomic E-state index is -3.33. The molecule has 1 aliphatic heterocycles. The van der Waals surface area contributed by atoms with Gasteiger partial charge >= 0.3 is 0 Å². The Morgan fingerprint density at radius 3 is 2.85 bits per heavy atom. The first-order valence-electron chi connectivity index (χ1n) is 8.15. The number of nitrogens with zero attached hydrogens (tertiary/aromatic N) is 2. The van der Waals surface area contributed by atoms with Crippen molar-refractivity contribution in [2.24, 2.45) is 0 Å². The van der Waals surface area contributed by atoms with Crippen LogP contribution in [0.4, 0.5) is 5.69 Å². The first kappa shape index (κ1) is 18.8. The smallest absolute Gasteiger partial charge is 0.258 e. The molecular weight excluding hydrogens is 374 g/mol. The molecular formula is C18H20ClN3O3S. The number of carbonyl (C=O) groups is 1. The second-order valence-corrected chi connectivity index (χ2v) is 8.91. The number of fused-ring (bicyclic) bond motifs is 1. The fraction of sp³-hybridized carbons (Fsp3) is 0.333. The number of hydrogen-bond acceptors (Lipinski definition) is 4. The van der Waals surface area contributed by atoms with Crippen LogP contribution in [0, 0.1) is 0 Å². The van der Waals surface area contributed by atoms with Gasteiger partial charge in [0.1, 0.15) is 0 Å². The van der Waals surface area contributed by atoms with E-state index in [1.165, 1.54) is 0 Å². The van der Waals surface area contributed by atoms with Gasteiger partial charge in [-0.15, -0.1) is 0 Å². The lowest BCUT2D eigenvalue weighted by Crippen LogP contribution is -2.27. The highest BCUT2D eigenvalue weighted by atomic mass is 35.5. The van der Waals surface area contributed by atoms with Crippen molar-refractivity contribution < 1.29 is 13.2 Å². The Balaban J connectivity index is 1.95. The van der Waals surface area contributed by atoms with E-state index in [2.05, 4.69) is 16.3 Å². The van der Waals surface area contributed by atoms with Crippen molar-refractivity contribution in [2.75, 3.05) is 17.7 Å². The largest absolute Gasteiger partial charge is 0.302 e. The van der Waals surface area contributed by atoms with Gasteiger partial charge in [0.15, 0.2) is 0 Å². The molecule has 2 aliphatic rings. The first-order valence-corrected chi connectivity index (χ1v) is 10.4. The van der Waals surface area contributed by atoms with E-state index in [1.54, 1.807) is 36.4 Å². The fourth-order valence-corrected chi connectivity index (χ4v) is 4.17. The molecule has 1 atom stereocenters. The fourth-order valence-electron chi connectivity index (χ4n) is 3.35. The Labute approximate surface area is 158 Å². The van der Waals surface area contributed by atoms with Crippen LogP contribution >= 0.6 is 11.6 Å². The number of rotatable bonds is 4. The van der Waals surface area contributed by atoms with Crippen molar-refractivity contribution in [1.29, 1.82) is 0 Å². The Morgan fingerprint density at radius 1 is 1.46 bits per heavy atom. The van der Waals surface area contributed by atoms with Crippen molar-refractivity contribution in [2.45, 2.75) is 25.8 Å². The van der Waals surface area contributed by atoms with E-state index in [4.69, 9.17) is 11.6 Å². The van der Waals surface area contributed by atoms with Gasteiger partial charge in [0.2, 0.25) is 10.0 Å². The minimum Gasteiger partial charge on any atom is -0.302 e. The molecule has 0 unspecified atom stereocenters. The summed E-state index contributed by atoms with van der Waals surface area (Å²) in [5.41, 5.74) is 3.71. The van der Waals surface area contributed by atoms with Gasteiger partial charge in [-0.1, -0.05) is 18.2 Å². The number of halogens is 1. The summed E-state index contributed by atoms with van der Waals surface area (Å²) in [5, 5.41) is 0.577. The molecule has 0 aromatic carbocycles. The van der Waals surface area contributed by atoms with E-state index >= 15 is 0 Å². The van der Waals surface area contributed by atoms with Gasteiger partial charge in [-0.05, 0) is 48.6 Å². The Hall–Kier alpha value is -1.96. The lowest BCUT2D eigenvalue weighted by molar-refractivity contribution is -0.114. The maximum Gasteiger partial charge on any atom is 0.258 e. The average molecular weight is 394 g/mol. The SMILES string of the molecule is C=C1CN(c2cncc3c2CC[C@@H]3NS(C)(=O)=O)C(=O)/C1=C/C=C(\C)Cl. The number of allylic oxidation sites excluding steroid dienone is 3. The van der Waals surface area contributed by atoms with E-state index in [1.807, 2.05) is 0 Å². The van der Waals surface area contributed by atoms with Crippen molar-refractivity contribution in [3.63, 3.8) is 0 Å². The molecule has 26 heavy (non-hydrogen) atoms. The summed E-state index contributed by atoms with van der Waals surface area (Å²) in [6, 6.07) is -0.315. The van der Waals surface area contributed by atoms with Crippen molar-refractivity contribution in [1.82, 2.24) is 9.71 Å². The molecule has 0 spiro atoms. The molecule has 0 bridgehead atoms. The number of aromatic nitrogens is 1. The van der Waals surface area contributed by atoms with E-state index in [9.17, 15) is 13.2 Å². The highest BCUT2D eigenvalue weighted by molar-refractivity contribution is 7.88. The van der Waals surface area contributed by atoms with Crippen LogP contribution in [0.15, 0.2) is 47.3 Å². The molecule has 1 aromatic rings. The van der Waals surface area contributed by atoms with E-state index in [0.29, 0.717) is 41.3 Å². The van der Waals surface area contributed by atoms with E-state index in [-0.39, 0.29) is 11.9 Å². The van der Waals surface area contributed by atoms with E-state index < -0.39 is 10.0 Å². The van der Waals surface area contributed by atoms with Crippen LogP contribution in [0.3, 0.4) is 0 Å². The number of amides is 1.